The molecular weight excluding hydrogens is 333 g/mol. The smallest absolute Gasteiger partial charge is 0.232 e. The van der Waals surface area contributed by atoms with Crippen LogP contribution >= 0.6 is 33.9 Å². The highest BCUT2D eigenvalue weighted by Crippen LogP contribution is 2.33. The van der Waals surface area contributed by atoms with Crippen molar-refractivity contribution < 1.29 is 13.2 Å². The zero-order valence-electron chi connectivity index (χ0n) is 9.64. The Labute approximate surface area is 125 Å². The summed E-state index contributed by atoms with van der Waals surface area (Å²) in [6.45, 7) is 0.269. The third-order valence-electron chi connectivity index (χ3n) is 2.84. The monoisotopic (exact) mass is 341 g/mol. The Morgan fingerprint density at radius 1 is 1.32 bits per heavy atom. The van der Waals surface area contributed by atoms with Crippen LogP contribution in [0.2, 0.25) is 10.0 Å². The van der Waals surface area contributed by atoms with Crippen molar-refractivity contribution in [1.29, 1.82) is 0 Å². The van der Waals surface area contributed by atoms with Gasteiger partial charge in [-0.1, -0.05) is 23.2 Å². The van der Waals surface area contributed by atoms with Gasteiger partial charge in [0.15, 0.2) is 0 Å². The van der Waals surface area contributed by atoms with E-state index in [0.29, 0.717) is 15.7 Å². The molecule has 1 aliphatic rings. The molecule has 1 aliphatic heterocycles. The van der Waals surface area contributed by atoms with E-state index in [1.807, 2.05) is 0 Å². The third kappa shape index (κ3) is 3.75. The van der Waals surface area contributed by atoms with Gasteiger partial charge in [0.2, 0.25) is 15.0 Å². The number of halogens is 3. The van der Waals surface area contributed by atoms with Crippen LogP contribution in [-0.4, -0.2) is 26.6 Å². The predicted octanol–water partition coefficient (Wildman–Crippen LogP) is 2.91. The standard InChI is InChI=1S/C11H10Cl3NO3S/c12-8-1-2-9(13)10(4-8)15-5-7(3-11(15)16)6-19(14,17)18/h1-2,4,7H,3,5-6H2. The number of benzene rings is 1. The van der Waals surface area contributed by atoms with E-state index in [4.69, 9.17) is 33.9 Å². The van der Waals surface area contributed by atoms with Gasteiger partial charge in [-0.3, -0.25) is 4.79 Å². The minimum absolute atomic E-state index is 0.134. The molecule has 1 aromatic rings. The molecule has 1 saturated heterocycles. The molecule has 0 aliphatic carbocycles. The Morgan fingerprint density at radius 3 is 2.63 bits per heavy atom. The van der Waals surface area contributed by atoms with Gasteiger partial charge in [0.1, 0.15) is 0 Å². The largest absolute Gasteiger partial charge is 0.311 e. The van der Waals surface area contributed by atoms with Crippen molar-refractivity contribution in [2.24, 2.45) is 5.92 Å². The first-order valence-corrected chi connectivity index (χ1v) is 8.67. The van der Waals surface area contributed by atoms with Crippen LogP contribution in [0.5, 0.6) is 0 Å². The average molecular weight is 343 g/mol. The molecular formula is C11H10Cl3NO3S. The lowest BCUT2D eigenvalue weighted by atomic mass is 10.1. The number of anilines is 1. The molecule has 1 amide bonds. The molecule has 0 saturated carbocycles. The van der Waals surface area contributed by atoms with Crippen LogP contribution in [0.1, 0.15) is 6.42 Å². The molecule has 1 unspecified atom stereocenters. The van der Waals surface area contributed by atoms with Crippen molar-refractivity contribution in [3.05, 3.63) is 28.2 Å². The Morgan fingerprint density at radius 2 is 2.00 bits per heavy atom. The highest BCUT2D eigenvalue weighted by atomic mass is 35.7. The minimum atomic E-state index is -3.62. The summed E-state index contributed by atoms with van der Waals surface area (Å²) in [7, 11) is 1.59. The van der Waals surface area contributed by atoms with E-state index in [1.165, 1.54) is 4.90 Å². The van der Waals surface area contributed by atoms with Crippen LogP contribution in [0.25, 0.3) is 0 Å². The molecule has 0 radical (unpaired) electrons. The normalized spacial score (nSPS) is 20.1. The van der Waals surface area contributed by atoms with Crippen molar-refractivity contribution in [3.63, 3.8) is 0 Å². The maximum Gasteiger partial charge on any atom is 0.232 e. The van der Waals surface area contributed by atoms with Crippen molar-refractivity contribution in [1.82, 2.24) is 0 Å². The van der Waals surface area contributed by atoms with Crippen molar-refractivity contribution in [3.8, 4) is 0 Å². The molecule has 8 heteroatoms. The van der Waals surface area contributed by atoms with Gasteiger partial charge >= 0.3 is 0 Å². The Balaban J connectivity index is 2.23. The molecule has 0 aromatic heterocycles. The highest BCUT2D eigenvalue weighted by Gasteiger charge is 2.34. The van der Waals surface area contributed by atoms with E-state index in [-0.39, 0.29) is 30.5 Å². The summed E-state index contributed by atoms with van der Waals surface area (Å²) < 4.78 is 22.1. The summed E-state index contributed by atoms with van der Waals surface area (Å²) in [6, 6.07) is 4.80. The molecule has 1 atom stereocenters. The summed E-state index contributed by atoms with van der Waals surface area (Å²) in [6.07, 6.45) is 0.134. The van der Waals surface area contributed by atoms with E-state index in [2.05, 4.69) is 0 Å². The molecule has 1 aromatic carbocycles. The van der Waals surface area contributed by atoms with Gasteiger partial charge < -0.3 is 4.90 Å². The molecule has 0 spiro atoms. The second-order valence-electron chi connectivity index (χ2n) is 4.38. The molecule has 104 valence electrons. The maximum atomic E-state index is 11.9. The van der Waals surface area contributed by atoms with Crippen molar-refractivity contribution in [2.45, 2.75) is 6.42 Å². The van der Waals surface area contributed by atoms with E-state index in [0.717, 1.165) is 0 Å². The average Bonchev–Trinajstić information content (AvgIpc) is 2.60. The first-order chi connectivity index (χ1) is 8.76. The number of rotatable bonds is 3. The third-order valence-corrected chi connectivity index (χ3v) is 4.64. The zero-order chi connectivity index (χ0) is 14.2. The number of hydrogen-bond acceptors (Lipinski definition) is 3. The van der Waals surface area contributed by atoms with Crippen LogP contribution < -0.4 is 4.90 Å². The predicted molar refractivity (Wildman–Crippen MR) is 76.6 cm³/mol. The van der Waals surface area contributed by atoms with E-state index in [9.17, 15) is 13.2 Å². The van der Waals surface area contributed by atoms with Crippen LogP contribution in [0.4, 0.5) is 5.69 Å². The van der Waals surface area contributed by atoms with Crippen molar-refractivity contribution in [2.75, 3.05) is 17.2 Å². The van der Waals surface area contributed by atoms with E-state index >= 15 is 0 Å². The lowest BCUT2D eigenvalue weighted by Gasteiger charge is -2.18. The quantitative estimate of drug-likeness (QED) is 0.794. The number of hydrogen-bond donors (Lipinski definition) is 0. The molecule has 0 bridgehead atoms. The number of amides is 1. The zero-order valence-corrected chi connectivity index (χ0v) is 12.7. The fourth-order valence-corrected chi connectivity index (χ4v) is 3.81. The van der Waals surface area contributed by atoms with Crippen LogP contribution in [0.15, 0.2) is 18.2 Å². The Bertz CT molecular complexity index is 618. The SMILES string of the molecule is O=C1CC(CS(=O)(=O)Cl)CN1c1cc(Cl)ccc1Cl. The van der Waals surface area contributed by atoms with E-state index in [1.54, 1.807) is 18.2 Å². The van der Waals surface area contributed by atoms with Gasteiger partial charge in [0.05, 0.1) is 16.5 Å². The summed E-state index contributed by atoms with van der Waals surface area (Å²) in [5.74, 6) is -0.742. The van der Waals surface area contributed by atoms with Gasteiger partial charge in [0.25, 0.3) is 0 Å². The molecule has 1 heterocycles. The van der Waals surface area contributed by atoms with Gasteiger partial charge in [0, 0.05) is 34.6 Å². The lowest BCUT2D eigenvalue weighted by molar-refractivity contribution is -0.117. The molecule has 4 nitrogen and oxygen atoms in total. The first kappa shape index (κ1) is 14.9. The van der Waals surface area contributed by atoms with Crippen LogP contribution in [-0.2, 0) is 13.8 Å². The van der Waals surface area contributed by atoms with Gasteiger partial charge in [-0.15, -0.1) is 0 Å². The summed E-state index contributed by atoms with van der Waals surface area (Å²) >= 11 is 11.9. The summed E-state index contributed by atoms with van der Waals surface area (Å²) in [4.78, 5) is 13.4. The molecule has 19 heavy (non-hydrogen) atoms. The fraction of sp³-hybridized carbons (Fsp3) is 0.364. The Hall–Kier alpha value is -0.490. The minimum Gasteiger partial charge on any atom is -0.311 e. The topological polar surface area (TPSA) is 54.5 Å². The molecule has 2 rings (SSSR count). The van der Waals surface area contributed by atoms with E-state index < -0.39 is 9.05 Å². The van der Waals surface area contributed by atoms with Crippen LogP contribution in [0, 0.1) is 5.92 Å². The summed E-state index contributed by atoms with van der Waals surface area (Å²) in [5.41, 5.74) is 0.494. The number of carbonyl (C=O) groups excluding carboxylic acids is 1. The molecule has 0 N–H and O–H groups in total. The fourth-order valence-electron chi connectivity index (χ4n) is 2.10. The second kappa shape index (κ2) is 5.48. The van der Waals surface area contributed by atoms with Crippen molar-refractivity contribution >= 4 is 54.5 Å². The first-order valence-electron chi connectivity index (χ1n) is 5.44. The lowest BCUT2D eigenvalue weighted by Crippen LogP contribution is -2.25. The summed E-state index contributed by atoms with van der Waals surface area (Å²) in [5, 5.41) is 0.854. The Kier molecular flexibility index (Phi) is 4.30. The van der Waals surface area contributed by atoms with Gasteiger partial charge in [-0.05, 0) is 18.2 Å². The second-order valence-corrected chi connectivity index (χ2v) is 8.04. The number of carbonyl (C=O) groups is 1. The molecule has 1 fully saturated rings. The van der Waals surface area contributed by atoms with Gasteiger partial charge in [-0.2, -0.15) is 0 Å². The maximum absolute atomic E-state index is 11.9. The highest BCUT2D eigenvalue weighted by molar-refractivity contribution is 8.13. The number of nitrogens with zero attached hydrogens (tertiary/aromatic N) is 1. The van der Waals surface area contributed by atoms with Crippen LogP contribution in [0.3, 0.4) is 0 Å². The van der Waals surface area contributed by atoms with Gasteiger partial charge in [-0.25, -0.2) is 8.42 Å².